The summed E-state index contributed by atoms with van der Waals surface area (Å²) in [5.74, 6) is 1.09. The molecule has 2 aromatic rings. The van der Waals surface area contributed by atoms with Gasteiger partial charge in [0.15, 0.2) is 0 Å². The minimum atomic E-state index is 0.0128. The third-order valence-electron chi connectivity index (χ3n) is 3.33. The number of pyridine rings is 1. The summed E-state index contributed by atoms with van der Waals surface area (Å²) in [5.41, 5.74) is 0.873. The smallest absolute Gasteiger partial charge is 0.145 e. The molecule has 1 aromatic carbocycles. The van der Waals surface area contributed by atoms with Crippen molar-refractivity contribution < 1.29 is 9.53 Å². The van der Waals surface area contributed by atoms with Gasteiger partial charge in [-0.05, 0) is 25.0 Å². The topological polar surface area (TPSA) is 39.2 Å². The van der Waals surface area contributed by atoms with Crippen LogP contribution in [-0.2, 0) is 4.79 Å². The van der Waals surface area contributed by atoms with Crippen LogP contribution in [0.15, 0.2) is 36.5 Å². The van der Waals surface area contributed by atoms with Gasteiger partial charge < -0.3 is 4.74 Å². The minimum Gasteiger partial charge on any atom is -0.488 e. The van der Waals surface area contributed by atoms with E-state index in [-0.39, 0.29) is 6.10 Å². The van der Waals surface area contributed by atoms with E-state index in [4.69, 9.17) is 4.74 Å². The second-order valence-corrected chi connectivity index (χ2v) is 4.71. The molecular weight excluding hydrogens is 226 g/mol. The predicted octanol–water partition coefficient (Wildman–Crippen LogP) is 3.13. The van der Waals surface area contributed by atoms with Gasteiger partial charge in [-0.25, -0.2) is 0 Å². The quantitative estimate of drug-likeness (QED) is 0.810. The molecule has 3 rings (SSSR count). The third-order valence-corrected chi connectivity index (χ3v) is 3.33. The van der Waals surface area contributed by atoms with Crippen molar-refractivity contribution in [2.24, 2.45) is 0 Å². The van der Waals surface area contributed by atoms with E-state index in [0.29, 0.717) is 18.6 Å². The van der Waals surface area contributed by atoms with E-state index in [9.17, 15) is 4.79 Å². The average molecular weight is 241 g/mol. The minimum absolute atomic E-state index is 0.0128. The Balaban J connectivity index is 1.88. The number of para-hydroxylation sites is 1. The van der Waals surface area contributed by atoms with E-state index >= 15 is 0 Å². The van der Waals surface area contributed by atoms with Crippen LogP contribution in [0.4, 0.5) is 0 Å². The molecule has 1 unspecified atom stereocenters. The zero-order chi connectivity index (χ0) is 12.4. The number of ketones is 1. The maximum atomic E-state index is 11.4. The summed E-state index contributed by atoms with van der Waals surface area (Å²) in [6, 6.07) is 9.83. The summed E-state index contributed by atoms with van der Waals surface area (Å²) in [7, 11) is 0. The van der Waals surface area contributed by atoms with Crippen LogP contribution in [0.5, 0.6) is 5.75 Å². The van der Waals surface area contributed by atoms with Gasteiger partial charge >= 0.3 is 0 Å². The summed E-state index contributed by atoms with van der Waals surface area (Å²) in [5, 5.41) is 1.07. The SMILES string of the molecule is O=C1CCCC(Oc2cccc3cccnc23)C1. The second kappa shape index (κ2) is 4.77. The Morgan fingerprint density at radius 1 is 1.22 bits per heavy atom. The highest BCUT2D eigenvalue weighted by molar-refractivity contribution is 5.84. The van der Waals surface area contributed by atoms with E-state index < -0.39 is 0 Å². The van der Waals surface area contributed by atoms with Crippen LogP contribution in [0.1, 0.15) is 25.7 Å². The van der Waals surface area contributed by atoms with Crippen molar-refractivity contribution in [1.82, 2.24) is 4.98 Å². The lowest BCUT2D eigenvalue weighted by molar-refractivity contribution is -0.122. The molecule has 3 heteroatoms. The van der Waals surface area contributed by atoms with Gasteiger partial charge in [-0.2, -0.15) is 0 Å². The summed E-state index contributed by atoms with van der Waals surface area (Å²) in [6.45, 7) is 0. The fourth-order valence-electron chi connectivity index (χ4n) is 2.44. The number of aromatic nitrogens is 1. The molecule has 0 radical (unpaired) electrons. The summed E-state index contributed by atoms with van der Waals surface area (Å²) in [4.78, 5) is 15.8. The molecule has 0 amide bonds. The van der Waals surface area contributed by atoms with Gasteiger partial charge in [-0.1, -0.05) is 18.2 Å². The number of rotatable bonds is 2. The molecule has 0 aliphatic heterocycles. The van der Waals surface area contributed by atoms with Gasteiger partial charge in [0.05, 0.1) is 0 Å². The van der Waals surface area contributed by atoms with Crippen LogP contribution in [0.2, 0.25) is 0 Å². The number of carbonyl (C=O) groups is 1. The summed E-state index contributed by atoms with van der Waals surface area (Å²) < 4.78 is 5.96. The number of ether oxygens (including phenoxy) is 1. The zero-order valence-corrected chi connectivity index (χ0v) is 10.1. The van der Waals surface area contributed by atoms with Gasteiger partial charge in [-0.15, -0.1) is 0 Å². The van der Waals surface area contributed by atoms with Crippen LogP contribution < -0.4 is 4.74 Å². The number of hydrogen-bond donors (Lipinski definition) is 0. The molecule has 1 aliphatic carbocycles. The molecule has 1 saturated carbocycles. The summed E-state index contributed by atoms with van der Waals surface area (Å²) >= 11 is 0. The third kappa shape index (κ3) is 2.21. The fraction of sp³-hybridized carbons (Fsp3) is 0.333. The number of carbonyl (C=O) groups excluding carboxylic acids is 1. The number of Topliss-reactive ketones (excluding diaryl/α,β-unsaturated/α-hetero) is 1. The van der Waals surface area contributed by atoms with Gasteiger partial charge in [-0.3, -0.25) is 9.78 Å². The molecule has 1 aliphatic rings. The van der Waals surface area contributed by atoms with Crippen molar-refractivity contribution in [3.05, 3.63) is 36.5 Å². The Morgan fingerprint density at radius 2 is 2.11 bits per heavy atom. The molecule has 0 saturated heterocycles. The first-order chi connectivity index (χ1) is 8.83. The Bertz CT molecular complexity index is 574. The van der Waals surface area contributed by atoms with Gasteiger partial charge in [0.2, 0.25) is 0 Å². The Hall–Kier alpha value is -1.90. The standard InChI is InChI=1S/C15H15NO2/c17-12-6-2-7-13(10-12)18-14-8-1-4-11-5-3-9-16-15(11)14/h1,3-5,8-9,13H,2,6-7,10H2. The number of benzene rings is 1. The van der Waals surface area contributed by atoms with Crippen molar-refractivity contribution in [2.45, 2.75) is 31.8 Å². The Morgan fingerprint density at radius 3 is 3.00 bits per heavy atom. The molecule has 1 fully saturated rings. The van der Waals surface area contributed by atoms with E-state index in [1.807, 2.05) is 30.3 Å². The van der Waals surface area contributed by atoms with Crippen LogP contribution in [0.25, 0.3) is 10.9 Å². The largest absolute Gasteiger partial charge is 0.488 e. The van der Waals surface area contributed by atoms with Crippen molar-refractivity contribution in [2.75, 3.05) is 0 Å². The van der Waals surface area contributed by atoms with E-state index in [0.717, 1.165) is 29.5 Å². The number of nitrogens with zero attached hydrogens (tertiary/aromatic N) is 1. The maximum absolute atomic E-state index is 11.4. The molecular formula is C15H15NO2. The second-order valence-electron chi connectivity index (χ2n) is 4.71. The van der Waals surface area contributed by atoms with Crippen molar-refractivity contribution in [3.63, 3.8) is 0 Å². The van der Waals surface area contributed by atoms with E-state index in [1.54, 1.807) is 6.20 Å². The highest BCUT2D eigenvalue weighted by atomic mass is 16.5. The molecule has 0 bridgehead atoms. The van der Waals surface area contributed by atoms with E-state index in [1.165, 1.54) is 0 Å². The van der Waals surface area contributed by atoms with Crippen LogP contribution in [0.3, 0.4) is 0 Å². The van der Waals surface area contributed by atoms with Crippen LogP contribution in [0, 0.1) is 0 Å². The molecule has 3 nitrogen and oxygen atoms in total. The highest BCUT2D eigenvalue weighted by Gasteiger charge is 2.21. The normalized spacial score (nSPS) is 20.0. The first-order valence-electron chi connectivity index (χ1n) is 6.35. The summed E-state index contributed by atoms with van der Waals surface area (Å²) in [6.07, 6.45) is 4.90. The molecule has 1 atom stereocenters. The average Bonchev–Trinajstić information content (AvgIpc) is 2.39. The van der Waals surface area contributed by atoms with E-state index in [2.05, 4.69) is 4.98 Å². The molecule has 18 heavy (non-hydrogen) atoms. The Labute approximate surface area is 106 Å². The molecule has 1 aromatic heterocycles. The zero-order valence-electron chi connectivity index (χ0n) is 10.1. The maximum Gasteiger partial charge on any atom is 0.145 e. The van der Waals surface area contributed by atoms with Gasteiger partial charge in [0.25, 0.3) is 0 Å². The lowest BCUT2D eigenvalue weighted by Gasteiger charge is -2.22. The van der Waals surface area contributed by atoms with Crippen molar-refractivity contribution in [3.8, 4) is 5.75 Å². The fourth-order valence-corrected chi connectivity index (χ4v) is 2.44. The lowest BCUT2D eigenvalue weighted by Crippen LogP contribution is -2.25. The van der Waals surface area contributed by atoms with Crippen molar-refractivity contribution >= 4 is 16.7 Å². The monoisotopic (exact) mass is 241 g/mol. The van der Waals surface area contributed by atoms with Gasteiger partial charge in [0.1, 0.15) is 23.2 Å². The van der Waals surface area contributed by atoms with Crippen LogP contribution >= 0.6 is 0 Å². The Kier molecular flexibility index (Phi) is 2.97. The highest BCUT2D eigenvalue weighted by Crippen LogP contribution is 2.27. The first kappa shape index (κ1) is 11.2. The first-order valence-corrected chi connectivity index (χ1v) is 6.35. The van der Waals surface area contributed by atoms with Crippen LogP contribution in [-0.4, -0.2) is 16.9 Å². The molecule has 0 N–H and O–H groups in total. The predicted molar refractivity (Wildman–Crippen MR) is 69.6 cm³/mol. The van der Waals surface area contributed by atoms with Gasteiger partial charge in [0, 0.05) is 24.4 Å². The number of fused-ring (bicyclic) bond motifs is 1. The lowest BCUT2D eigenvalue weighted by atomic mass is 9.96. The molecule has 1 heterocycles. The number of hydrogen-bond acceptors (Lipinski definition) is 3. The molecule has 92 valence electrons. The molecule has 0 spiro atoms. The van der Waals surface area contributed by atoms with Crippen molar-refractivity contribution in [1.29, 1.82) is 0 Å².